The van der Waals surface area contributed by atoms with Crippen molar-refractivity contribution in [2.45, 2.75) is 7.55 Å². The molecule has 0 heterocycles. The zero-order valence-electron chi connectivity index (χ0n) is 7.19. The maximum absolute atomic E-state index is 4.83. The van der Waals surface area contributed by atoms with Gasteiger partial charge in [0.05, 0.1) is 0 Å². The zero-order chi connectivity index (χ0) is 12.3. The van der Waals surface area contributed by atoms with Crippen molar-refractivity contribution in [3.8, 4) is 0 Å². The van der Waals surface area contributed by atoms with Crippen LogP contribution in [0.4, 0.5) is 0 Å². The van der Waals surface area contributed by atoms with Gasteiger partial charge in [-0.15, -0.1) is 0 Å². The molecule has 0 aromatic heterocycles. The standard InChI is InChI=1S/C6H6.CCl4.CHCl3/c1-2-4-6-5-3-1;2-1(3,4)5;2-1(3)4/h1-6H;;1H. The molecule has 0 aliphatic carbocycles. The molecule has 0 spiro atoms. The minimum atomic E-state index is -1.61. The van der Waals surface area contributed by atoms with Gasteiger partial charge in [0.25, 0.3) is 3.25 Å². The van der Waals surface area contributed by atoms with Crippen LogP contribution in [0.15, 0.2) is 36.4 Å². The van der Waals surface area contributed by atoms with Crippen molar-refractivity contribution in [1.82, 2.24) is 0 Å². The van der Waals surface area contributed by atoms with Crippen molar-refractivity contribution in [2.24, 2.45) is 0 Å². The molecule has 0 amide bonds. The van der Waals surface area contributed by atoms with E-state index in [-0.39, 0.29) is 0 Å². The fourth-order valence-corrected chi connectivity index (χ4v) is 0.385. The molecule has 0 saturated heterocycles. The fraction of sp³-hybridized carbons (Fsp3) is 0.250. The normalized spacial score (nSPS) is 9.60. The quantitative estimate of drug-likeness (QED) is 0.486. The van der Waals surface area contributed by atoms with E-state index in [0.717, 1.165) is 0 Å². The van der Waals surface area contributed by atoms with Crippen molar-refractivity contribution >= 4 is 81.2 Å². The third-order valence-electron chi connectivity index (χ3n) is 0.667. The van der Waals surface area contributed by atoms with Gasteiger partial charge in [0.2, 0.25) is 0 Å². The van der Waals surface area contributed by atoms with Crippen LogP contribution in [-0.2, 0) is 0 Å². The monoisotopic (exact) mass is 348 g/mol. The maximum atomic E-state index is 4.83. The van der Waals surface area contributed by atoms with Gasteiger partial charge in [-0.2, -0.15) is 0 Å². The van der Waals surface area contributed by atoms with E-state index in [2.05, 4.69) is 0 Å². The lowest BCUT2D eigenvalue weighted by Crippen LogP contribution is -1.81. The van der Waals surface area contributed by atoms with Crippen LogP contribution >= 0.6 is 81.2 Å². The lowest BCUT2D eigenvalue weighted by Gasteiger charge is -1.91. The van der Waals surface area contributed by atoms with Crippen molar-refractivity contribution in [3.63, 3.8) is 0 Å². The summed E-state index contributed by atoms with van der Waals surface area (Å²) >= 11 is 33.7. The van der Waals surface area contributed by atoms with Crippen LogP contribution < -0.4 is 0 Å². The first-order valence-electron chi connectivity index (χ1n) is 3.41. The van der Waals surface area contributed by atoms with Gasteiger partial charge in [-0.1, -0.05) is 118 Å². The van der Waals surface area contributed by atoms with Crippen LogP contribution in [0.5, 0.6) is 0 Å². The SMILES string of the molecule is ClC(Cl)(Cl)Cl.ClC(Cl)Cl.c1ccccc1. The molecule has 7 heteroatoms. The van der Waals surface area contributed by atoms with Gasteiger partial charge < -0.3 is 0 Å². The summed E-state index contributed by atoms with van der Waals surface area (Å²) < 4.78 is -2.36. The van der Waals surface area contributed by atoms with E-state index < -0.39 is 7.55 Å². The van der Waals surface area contributed by atoms with Crippen LogP contribution in [0.2, 0.25) is 0 Å². The first-order valence-corrected chi connectivity index (χ1v) is 6.23. The molecule has 0 saturated carbocycles. The number of hydrogen-bond donors (Lipinski definition) is 0. The summed E-state index contributed by atoms with van der Waals surface area (Å²) in [5, 5.41) is 0. The molecule has 1 aromatic carbocycles. The molecule has 0 atom stereocenters. The van der Waals surface area contributed by atoms with Gasteiger partial charge in [0, 0.05) is 0 Å². The zero-order valence-corrected chi connectivity index (χ0v) is 12.5. The molecule has 1 rings (SSSR count). The molecule has 15 heavy (non-hydrogen) atoms. The molecule has 88 valence electrons. The van der Waals surface area contributed by atoms with Crippen LogP contribution in [0, 0.1) is 0 Å². The Bertz CT molecular complexity index is 171. The Morgan fingerprint density at radius 3 is 0.733 bits per heavy atom. The average Bonchev–Trinajstić information content (AvgIpc) is 2.03. The van der Waals surface area contributed by atoms with E-state index in [1.54, 1.807) is 0 Å². The maximum Gasteiger partial charge on any atom is 0.266 e. The Balaban J connectivity index is 0. The molecule has 0 bridgehead atoms. The van der Waals surface area contributed by atoms with Gasteiger partial charge in [-0.3, -0.25) is 0 Å². The van der Waals surface area contributed by atoms with Crippen LogP contribution in [-0.4, -0.2) is 7.55 Å². The average molecular weight is 351 g/mol. The largest absolute Gasteiger partial charge is 0.266 e. The molecule has 0 unspecified atom stereocenters. The van der Waals surface area contributed by atoms with E-state index in [1.807, 2.05) is 36.4 Å². The summed E-state index contributed by atoms with van der Waals surface area (Å²) in [5.41, 5.74) is 0. The lowest BCUT2D eigenvalue weighted by molar-refractivity contribution is 1.72. The minimum Gasteiger partial charge on any atom is -0.0874 e. The first kappa shape index (κ1) is 18.6. The van der Waals surface area contributed by atoms with Crippen LogP contribution in [0.3, 0.4) is 0 Å². The van der Waals surface area contributed by atoms with Gasteiger partial charge in [-0.25, -0.2) is 0 Å². The lowest BCUT2D eigenvalue weighted by atomic mass is 10.4. The summed E-state index contributed by atoms with van der Waals surface area (Å²) in [4.78, 5) is 0. The smallest absolute Gasteiger partial charge is 0.0874 e. The van der Waals surface area contributed by atoms with Crippen LogP contribution in [0.1, 0.15) is 0 Å². The van der Waals surface area contributed by atoms with E-state index in [9.17, 15) is 0 Å². The Hall–Kier alpha value is 1.25. The Morgan fingerprint density at radius 1 is 0.600 bits per heavy atom. The molecule has 0 aliphatic rings. The van der Waals surface area contributed by atoms with Gasteiger partial charge >= 0.3 is 0 Å². The summed E-state index contributed by atoms with van der Waals surface area (Å²) in [6, 6.07) is 12.0. The summed E-state index contributed by atoms with van der Waals surface area (Å²) in [7, 11) is 0. The molecule has 0 N–H and O–H groups in total. The summed E-state index contributed by atoms with van der Waals surface area (Å²) in [6.07, 6.45) is 0. The van der Waals surface area contributed by atoms with E-state index in [1.165, 1.54) is 0 Å². The summed E-state index contributed by atoms with van der Waals surface area (Å²) in [5.74, 6) is 0. The number of halogens is 7. The summed E-state index contributed by atoms with van der Waals surface area (Å²) in [6.45, 7) is 0. The van der Waals surface area contributed by atoms with E-state index in [4.69, 9.17) is 81.2 Å². The predicted octanol–water partition coefficient (Wildman–Crippen LogP) is 6.23. The Kier molecular flexibility index (Phi) is 14.6. The molecule has 0 radical (unpaired) electrons. The van der Waals surface area contributed by atoms with E-state index in [0.29, 0.717) is 0 Å². The van der Waals surface area contributed by atoms with Crippen molar-refractivity contribution < 1.29 is 0 Å². The highest BCUT2D eigenvalue weighted by Gasteiger charge is 2.11. The molecular formula is C8H7Cl7. The third-order valence-corrected chi connectivity index (χ3v) is 0.667. The van der Waals surface area contributed by atoms with Crippen molar-refractivity contribution in [3.05, 3.63) is 36.4 Å². The highest BCUT2D eigenvalue weighted by Crippen LogP contribution is 2.29. The second kappa shape index (κ2) is 11.7. The third kappa shape index (κ3) is 50.9. The molecule has 1 aromatic rings. The van der Waals surface area contributed by atoms with Gasteiger partial charge in [0.15, 0.2) is 4.30 Å². The second-order valence-corrected chi connectivity index (χ2v) is 7.24. The minimum absolute atomic E-state index is 0.750. The number of hydrogen-bond acceptors (Lipinski definition) is 0. The molecule has 0 aliphatic heterocycles. The van der Waals surface area contributed by atoms with Gasteiger partial charge in [0.1, 0.15) is 0 Å². The van der Waals surface area contributed by atoms with Crippen molar-refractivity contribution in [1.29, 1.82) is 0 Å². The highest BCUT2D eigenvalue weighted by molar-refractivity contribution is 6.83. The first-order chi connectivity index (χ1) is 6.73. The van der Waals surface area contributed by atoms with E-state index >= 15 is 0 Å². The topological polar surface area (TPSA) is 0 Å². The Morgan fingerprint density at radius 2 is 0.667 bits per heavy atom. The molecule has 0 fully saturated rings. The number of rotatable bonds is 0. The number of benzene rings is 1. The molecule has 0 nitrogen and oxygen atoms in total. The predicted molar refractivity (Wildman–Crippen MR) is 73.9 cm³/mol. The molecular weight excluding hydrogens is 344 g/mol. The van der Waals surface area contributed by atoms with Crippen LogP contribution in [0.25, 0.3) is 0 Å². The van der Waals surface area contributed by atoms with Crippen molar-refractivity contribution in [2.75, 3.05) is 0 Å². The number of alkyl halides is 7. The Labute approximate surface area is 124 Å². The second-order valence-electron chi connectivity index (χ2n) is 1.83. The highest BCUT2D eigenvalue weighted by atomic mass is 35.6. The fourth-order valence-electron chi connectivity index (χ4n) is 0.385. The van der Waals surface area contributed by atoms with Gasteiger partial charge in [-0.05, 0) is 0 Å².